The molecule has 0 bridgehead atoms. The summed E-state index contributed by atoms with van der Waals surface area (Å²) < 4.78 is 5.86. The predicted octanol–water partition coefficient (Wildman–Crippen LogP) is 5.06. The third kappa shape index (κ3) is 4.26. The van der Waals surface area contributed by atoms with Crippen LogP contribution in [0.2, 0.25) is 5.02 Å². The van der Waals surface area contributed by atoms with Gasteiger partial charge in [-0.1, -0.05) is 30.7 Å². The Balaban J connectivity index is 2.12. The minimum absolute atomic E-state index is 0.170. The third-order valence-corrected chi connectivity index (χ3v) is 4.35. The zero-order valence-electron chi connectivity index (χ0n) is 13.9. The molecule has 0 aliphatic carbocycles. The van der Waals surface area contributed by atoms with Crippen molar-refractivity contribution in [2.45, 2.75) is 40.2 Å². The van der Waals surface area contributed by atoms with Crippen LogP contribution in [0.15, 0.2) is 36.4 Å². The molecule has 4 heteroatoms. The van der Waals surface area contributed by atoms with E-state index in [0.717, 1.165) is 11.1 Å². The molecular formula is C19H22ClNO2. The van der Waals surface area contributed by atoms with Crippen LogP contribution < -0.4 is 10.1 Å². The summed E-state index contributed by atoms with van der Waals surface area (Å²) in [6, 6.07) is 11.3. The Morgan fingerprint density at radius 3 is 2.57 bits per heavy atom. The monoisotopic (exact) mass is 331 g/mol. The number of carbonyl (C=O) groups is 1. The summed E-state index contributed by atoms with van der Waals surface area (Å²) >= 11 is 6.09. The summed E-state index contributed by atoms with van der Waals surface area (Å²) in [4.78, 5) is 12.5. The summed E-state index contributed by atoms with van der Waals surface area (Å²) in [5.41, 5.74) is 3.90. The van der Waals surface area contributed by atoms with E-state index in [0.29, 0.717) is 22.9 Å². The molecule has 0 fully saturated rings. The van der Waals surface area contributed by atoms with Crippen LogP contribution in [-0.4, -0.2) is 12.0 Å². The first-order chi connectivity index (χ1) is 10.9. The average molecular weight is 332 g/mol. The van der Waals surface area contributed by atoms with E-state index in [1.165, 1.54) is 5.56 Å². The molecule has 0 spiro atoms. The lowest BCUT2D eigenvalue weighted by molar-refractivity contribution is -0.122. The van der Waals surface area contributed by atoms with Crippen LogP contribution in [0, 0.1) is 20.8 Å². The van der Waals surface area contributed by atoms with Crippen LogP contribution in [0.4, 0.5) is 5.69 Å². The number of hydrogen-bond acceptors (Lipinski definition) is 2. The Kier molecular flexibility index (Phi) is 5.67. The molecule has 0 radical (unpaired) electrons. The lowest BCUT2D eigenvalue weighted by Crippen LogP contribution is -2.32. The van der Waals surface area contributed by atoms with Gasteiger partial charge in [0, 0.05) is 10.7 Å². The number of aryl methyl sites for hydroxylation is 2. The molecule has 0 saturated carbocycles. The van der Waals surface area contributed by atoms with Gasteiger partial charge in [-0.15, -0.1) is 0 Å². The summed E-state index contributed by atoms with van der Waals surface area (Å²) in [6.45, 7) is 7.88. The fourth-order valence-corrected chi connectivity index (χ4v) is 2.40. The molecule has 122 valence electrons. The lowest BCUT2D eigenvalue weighted by Gasteiger charge is -2.19. The van der Waals surface area contributed by atoms with Crippen LogP contribution >= 0.6 is 11.6 Å². The van der Waals surface area contributed by atoms with Crippen molar-refractivity contribution in [3.63, 3.8) is 0 Å². The number of carbonyl (C=O) groups excluding carboxylic acids is 1. The van der Waals surface area contributed by atoms with E-state index in [1.54, 1.807) is 6.07 Å². The highest BCUT2D eigenvalue weighted by molar-refractivity contribution is 6.31. The third-order valence-electron chi connectivity index (χ3n) is 3.95. The maximum absolute atomic E-state index is 12.5. The number of benzene rings is 2. The van der Waals surface area contributed by atoms with Crippen molar-refractivity contribution in [2.75, 3.05) is 5.32 Å². The number of ether oxygens (including phenoxy) is 1. The lowest BCUT2D eigenvalue weighted by atomic mass is 10.1. The van der Waals surface area contributed by atoms with Gasteiger partial charge in [0.25, 0.3) is 5.91 Å². The normalized spacial score (nSPS) is 11.9. The molecular weight excluding hydrogens is 310 g/mol. The predicted molar refractivity (Wildman–Crippen MR) is 95.4 cm³/mol. The quantitative estimate of drug-likeness (QED) is 0.831. The largest absolute Gasteiger partial charge is 0.481 e. The van der Waals surface area contributed by atoms with E-state index in [2.05, 4.69) is 5.32 Å². The number of rotatable bonds is 5. The van der Waals surface area contributed by atoms with Crippen molar-refractivity contribution in [3.8, 4) is 5.75 Å². The SMILES string of the molecule is CC[C@@H](Oc1ccc(C)c(C)c1)C(=O)Nc1cccc(Cl)c1C. The summed E-state index contributed by atoms with van der Waals surface area (Å²) in [5.74, 6) is 0.536. The van der Waals surface area contributed by atoms with Crippen molar-refractivity contribution in [2.24, 2.45) is 0 Å². The molecule has 23 heavy (non-hydrogen) atoms. The Bertz CT molecular complexity index is 713. The van der Waals surface area contributed by atoms with Gasteiger partial charge in [-0.05, 0) is 68.1 Å². The molecule has 0 aliphatic rings. The fourth-order valence-electron chi connectivity index (χ4n) is 2.23. The van der Waals surface area contributed by atoms with Crippen molar-refractivity contribution >= 4 is 23.2 Å². The standard InChI is InChI=1S/C19H22ClNO2/c1-5-18(23-15-10-9-12(2)13(3)11-15)19(22)21-17-8-6-7-16(20)14(17)4/h6-11,18H,5H2,1-4H3,(H,21,22)/t18-/m1/s1. The zero-order chi connectivity index (χ0) is 17.0. The van der Waals surface area contributed by atoms with Gasteiger partial charge in [0.2, 0.25) is 0 Å². The first-order valence-electron chi connectivity index (χ1n) is 7.72. The second-order valence-corrected chi connectivity index (χ2v) is 6.07. The Labute approximate surface area is 142 Å². The fraction of sp³-hybridized carbons (Fsp3) is 0.316. The van der Waals surface area contributed by atoms with E-state index in [4.69, 9.17) is 16.3 Å². The Morgan fingerprint density at radius 2 is 1.91 bits per heavy atom. The molecule has 3 nitrogen and oxygen atoms in total. The molecule has 1 atom stereocenters. The van der Waals surface area contributed by atoms with Gasteiger partial charge >= 0.3 is 0 Å². The van der Waals surface area contributed by atoms with Gasteiger partial charge in [-0.25, -0.2) is 0 Å². The molecule has 0 aliphatic heterocycles. The maximum Gasteiger partial charge on any atom is 0.265 e. The number of nitrogens with one attached hydrogen (secondary N) is 1. The summed E-state index contributed by atoms with van der Waals surface area (Å²) in [6.07, 6.45) is 0.0359. The highest BCUT2D eigenvalue weighted by Crippen LogP contribution is 2.24. The smallest absolute Gasteiger partial charge is 0.265 e. The second kappa shape index (κ2) is 7.51. The van der Waals surface area contributed by atoms with Crippen molar-refractivity contribution in [1.29, 1.82) is 0 Å². The molecule has 1 amide bonds. The van der Waals surface area contributed by atoms with Gasteiger partial charge in [0.1, 0.15) is 5.75 Å². The molecule has 2 aromatic rings. The number of anilines is 1. The maximum atomic E-state index is 12.5. The van der Waals surface area contributed by atoms with E-state index >= 15 is 0 Å². The van der Waals surface area contributed by atoms with E-state index < -0.39 is 6.10 Å². The van der Waals surface area contributed by atoms with Crippen molar-refractivity contribution in [3.05, 3.63) is 58.1 Å². The highest BCUT2D eigenvalue weighted by atomic mass is 35.5. The van der Waals surface area contributed by atoms with Crippen molar-refractivity contribution in [1.82, 2.24) is 0 Å². The van der Waals surface area contributed by atoms with Crippen LogP contribution in [0.25, 0.3) is 0 Å². The second-order valence-electron chi connectivity index (χ2n) is 5.66. The molecule has 2 aromatic carbocycles. The topological polar surface area (TPSA) is 38.3 Å². The van der Waals surface area contributed by atoms with Crippen LogP contribution in [0.1, 0.15) is 30.0 Å². The van der Waals surface area contributed by atoms with Crippen LogP contribution in [0.3, 0.4) is 0 Å². The van der Waals surface area contributed by atoms with Gasteiger partial charge in [-0.2, -0.15) is 0 Å². The molecule has 0 aromatic heterocycles. The summed E-state index contributed by atoms with van der Waals surface area (Å²) in [7, 11) is 0. The van der Waals surface area contributed by atoms with E-state index in [-0.39, 0.29) is 5.91 Å². The van der Waals surface area contributed by atoms with E-state index in [1.807, 2.05) is 58.0 Å². The van der Waals surface area contributed by atoms with Gasteiger partial charge in [0.15, 0.2) is 6.10 Å². The van der Waals surface area contributed by atoms with Gasteiger partial charge < -0.3 is 10.1 Å². The zero-order valence-corrected chi connectivity index (χ0v) is 14.7. The first-order valence-corrected chi connectivity index (χ1v) is 8.10. The first kappa shape index (κ1) is 17.4. The molecule has 0 unspecified atom stereocenters. The van der Waals surface area contributed by atoms with Gasteiger partial charge in [-0.3, -0.25) is 4.79 Å². The highest BCUT2D eigenvalue weighted by Gasteiger charge is 2.19. The minimum atomic E-state index is -0.546. The minimum Gasteiger partial charge on any atom is -0.481 e. The number of amides is 1. The number of halogens is 1. The number of hydrogen-bond donors (Lipinski definition) is 1. The molecule has 0 saturated heterocycles. The Morgan fingerprint density at radius 1 is 1.17 bits per heavy atom. The Hall–Kier alpha value is -2.00. The van der Waals surface area contributed by atoms with Crippen LogP contribution in [-0.2, 0) is 4.79 Å². The van der Waals surface area contributed by atoms with Crippen LogP contribution in [0.5, 0.6) is 5.75 Å². The van der Waals surface area contributed by atoms with E-state index in [9.17, 15) is 4.79 Å². The van der Waals surface area contributed by atoms with Gasteiger partial charge in [0.05, 0.1) is 0 Å². The summed E-state index contributed by atoms with van der Waals surface area (Å²) in [5, 5.41) is 3.53. The molecule has 0 heterocycles. The average Bonchev–Trinajstić information content (AvgIpc) is 2.52. The molecule has 1 N–H and O–H groups in total. The molecule has 2 rings (SSSR count). The van der Waals surface area contributed by atoms with Crippen molar-refractivity contribution < 1.29 is 9.53 Å².